The van der Waals surface area contributed by atoms with E-state index in [4.69, 9.17) is 16.3 Å². The molecule has 1 amide bonds. The number of nitro benzene ring substituents is 1. The molecule has 0 fully saturated rings. The minimum Gasteiger partial charge on any atom is -0.495 e. The van der Waals surface area contributed by atoms with Gasteiger partial charge in [-0.05, 0) is 23.8 Å². The van der Waals surface area contributed by atoms with Crippen molar-refractivity contribution in [3.63, 3.8) is 0 Å². The van der Waals surface area contributed by atoms with Crippen molar-refractivity contribution in [2.45, 2.75) is 5.75 Å². The van der Waals surface area contributed by atoms with E-state index in [0.29, 0.717) is 22.2 Å². The van der Waals surface area contributed by atoms with Gasteiger partial charge in [-0.2, -0.15) is 0 Å². The number of rotatable bonds is 7. The number of carbonyl (C=O) groups is 1. The summed E-state index contributed by atoms with van der Waals surface area (Å²) in [5.74, 6) is 1.25. The second-order valence-electron chi connectivity index (χ2n) is 4.81. The van der Waals surface area contributed by atoms with Crippen LogP contribution in [0.2, 0.25) is 5.02 Å². The molecule has 0 aliphatic heterocycles. The summed E-state index contributed by atoms with van der Waals surface area (Å²) in [6, 6.07) is 11.3. The lowest BCUT2D eigenvalue weighted by Gasteiger charge is -2.08. The van der Waals surface area contributed by atoms with Gasteiger partial charge in [0.2, 0.25) is 5.91 Å². The number of methoxy groups -OCH3 is 1. The van der Waals surface area contributed by atoms with Crippen molar-refractivity contribution in [3.8, 4) is 5.75 Å². The van der Waals surface area contributed by atoms with Crippen LogP contribution in [0, 0.1) is 10.1 Å². The molecule has 0 atom stereocenters. The van der Waals surface area contributed by atoms with Crippen LogP contribution in [0.3, 0.4) is 0 Å². The molecule has 1 N–H and O–H groups in total. The Morgan fingerprint density at radius 1 is 1.29 bits per heavy atom. The van der Waals surface area contributed by atoms with Crippen LogP contribution < -0.4 is 10.1 Å². The van der Waals surface area contributed by atoms with Crippen molar-refractivity contribution in [1.82, 2.24) is 0 Å². The van der Waals surface area contributed by atoms with Crippen LogP contribution in [0.5, 0.6) is 5.75 Å². The second kappa shape index (κ2) is 8.56. The van der Waals surface area contributed by atoms with Crippen molar-refractivity contribution in [2.24, 2.45) is 0 Å². The normalized spacial score (nSPS) is 10.2. The van der Waals surface area contributed by atoms with E-state index in [-0.39, 0.29) is 17.3 Å². The Labute approximate surface area is 148 Å². The minimum absolute atomic E-state index is 0.0536. The largest absolute Gasteiger partial charge is 0.495 e. The maximum absolute atomic E-state index is 11.9. The van der Waals surface area contributed by atoms with E-state index in [2.05, 4.69) is 5.32 Å². The van der Waals surface area contributed by atoms with E-state index in [1.54, 1.807) is 30.3 Å². The van der Waals surface area contributed by atoms with Gasteiger partial charge in [0, 0.05) is 23.6 Å². The first-order valence-corrected chi connectivity index (χ1v) is 8.47. The SMILES string of the molecule is COc1ccc(NC(=O)CSCc2ccc([N+](=O)[O-])cc2)cc1Cl. The first-order chi connectivity index (χ1) is 11.5. The molecule has 0 unspecified atom stereocenters. The Balaban J connectivity index is 1.80. The Hall–Kier alpha value is -2.25. The van der Waals surface area contributed by atoms with Crippen LogP contribution in [0.1, 0.15) is 5.56 Å². The fourth-order valence-electron chi connectivity index (χ4n) is 1.92. The van der Waals surface area contributed by atoms with Crippen LogP contribution in [0.4, 0.5) is 11.4 Å². The number of non-ortho nitro benzene ring substituents is 1. The number of anilines is 1. The minimum atomic E-state index is -0.440. The lowest BCUT2D eigenvalue weighted by Crippen LogP contribution is -2.14. The summed E-state index contributed by atoms with van der Waals surface area (Å²) in [4.78, 5) is 22.1. The van der Waals surface area contributed by atoms with E-state index in [1.807, 2.05) is 0 Å². The van der Waals surface area contributed by atoms with E-state index >= 15 is 0 Å². The first-order valence-electron chi connectivity index (χ1n) is 6.94. The maximum Gasteiger partial charge on any atom is 0.269 e. The lowest BCUT2D eigenvalue weighted by atomic mass is 10.2. The molecule has 8 heteroatoms. The third-order valence-corrected chi connectivity index (χ3v) is 4.38. The van der Waals surface area contributed by atoms with Crippen molar-refractivity contribution < 1.29 is 14.5 Å². The van der Waals surface area contributed by atoms with Crippen LogP contribution >= 0.6 is 23.4 Å². The highest BCUT2D eigenvalue weighted by Gasteiger charge is 2.07. The molecule has 0 radical (unpaired) electrons. The number of ether oxygens (including phenoxy) is 1. The number of nitrogens with zero attached hydrogens (tertiary/aromatic N) is 1. The number of nitrogens with one attached hydrogen (secondary N) is 1. The molecular formula is C16H15ClN2O4S. The van der Waals surface area contributed by atoms with E-state index < -0.39 is 4.92 Å². The second-order valence-corrected chi connectivity index (χ2v) is 6.21. The Kier molecular flexibility index (Phi) is 6.45. The molecular weight excluding hydrogens is 352 g/mol. The van der Waals surface area contributed by atoms with Gasteiger partial charge >= 0.3 is 0 Å². The molecule has 2 aromatic carbocycles. The molecule has 0 bridgehead atoms. The zero-order valence-electron chi connectivity index (χ0n) is 12.8. The Morgan fingerprint density at radius 3 is 2.58 bits per heavy atom. The summed E-state index contributed by atoms with van der Waals surface area (Å²) in [6.45, 7) is 0. The van der Waals surface area contributed by atoms with Crippen molar-refractivity contribution >= 4 is 40.6 Å². The molecule has 0 aromatic heterocycles. The highest BCUT2D eigenvalue weighted by molar-refractivity contribution is 7.99. The number of amides is 1. The molecule has 24 heavy (non-hydrogen) atoms. The van der Waals surface area contributed by atoms with Gasteiger partial charge in [0.1, 0.15) is 5.75 Å². The van der Waals surface area contributed by atoms with Crippen LogP contribution in [0.25, 0.3) is 0 Å². The molecule has 0 aliphatic rings. The fourth-order valence-corrected chi connectivity index (χ4v) is 2.96. The molecule has 0 aliphatic carbocycles. The average molecular weight is 367 g/mol. The van der Waals surface area contributed by atoms with Crippen molar-refractivity contribution in [2.75, 3.05) is 18.2 Å². The molecule has 0 saturated carbocycles. The van der Waals surface area contributed by atoms with Gasteiger partial charge in [-0.25, -0.2) is 0 Å². The molecule has 0 heterocycles. The van der Waals surface area contributed by atoms with E-state index in [9.17, 15) is 14.9 Å². The van der Waals surface area contributed by atoms with Crippen molar-refractivity contribution in [3.05, 3.63) is 63.2 Å². The van der Waals surface area contributed by atoms with Gasteiger partial charge in [-0.3, -0.25) is 14.9 Å². The third-order valence-electron chi connectivity index (χ3n) is 3.08. The Morgan fingerprint density at radius 2 is 2.00 bits per heavy atom. The molecule has 6 nitrogen and oxygen atoms in total. The van der Waals surface area contributed by atoms with E-state index in [0.717, 1.165) is 5.56 Å². The molecule has 0 spiro atoms. The molecule has 126 valence electrons. The monoisotopic (exact) mass is 366 g/mol. The van der Waals surface area contributed by atoms with Gasteiger partial charge in [0.05, 0.1) is 22.8 Å². The van der Waals surface area contributed by atoms with Crippen LogP contribution in [-0.4, -0.2) is 23.7 Å². The maximum atomic E-state index is 11.9. The number of nitro groups is 1. The molecule has 0 saturated heterocycles. The number of hydrogen-bond acceptors (Lipinski definition) is 5. The highest BCUT2D eigenvalue weighted by atomic mass is 35.5. The van der Waals surface area contributed by atoms with Crippen LogP contribution in [-0.2, 0) is 10.5 Å². The van der Waals surface area contributed by atoms with Crippen LogP contribution in [0.15, 0.2) is 42.5 Å². The lowest BCUT2D eigenvalue weighted by molar-refractivity contribution is -0.384. The summed E-state index contributed by atoms with van der Waals surface area (Å²) in [6.07, 6.45) is 0. The average Bonchev–Trinajstić information content (AvgIpc) is 2.55. The summed E-state index contributed by atoms with van der Waals surface area (Å²) >= 11 is 7.42. The van der Waals surface area contributed by atoms with E-state index in [1.165, 1.54) is 31.0 Å². The quantitative estimate of drug-likeness (QED) is 0.588. The highest BCUT2D eigenvalue weighted by Crippen LogP contribution is 2.27. The van der Waals surface area contributed by atoms with Gasteiger partial charge in [-0.1, -0.05) is 23.7 Å². The van der Waals surface area contributed by atoms with Gasteiger partial charge in [0.25, 0.3) is 5.69 Å². The number of thioether (sulfide) groups is 1. The predicted octanol–water partition coefficient (Wildman–Crippen LogP) is 4.13. The number of benzene rings is 2. The predicted molar refractivity (Wildman–Crippen MR) is 95.9 cm³/mol. The van der Waals surface area contributed by atoms with Gasteiger partial charge in [-0.15, -0.1) is 11.8 Å². The zero-order valence-corrected chi connectivity index (χ0v) is 14.4. The molecule has 2 rings (SSSR count). The summed E-state index contributed by atoms with van der Waals surface area (Å²) in [7, 11) is 1.52. The molecule has 2 aromatic rings. The first kappa shape index (κ1) is 18.1. The number of halogens is 1. The fraction of sp³-hybridized carbons (Fsp3) is 0.188. The summed E-state index contributed by atoms with van der Waals surface area (Å²) in [5, 5.41) is 13.8. The van der Waals surface area contributed by atoms with Crippen molar-refractivity contribution in [1.29, 1.82) is 0 Å². The standard InChI is InChI=1S/C16H15ClN2O4S/c1-23-15-7-4-12(8-14(15)17)18-16(20)10-24-9-11-2-5-13(6-3-11)19(21)22/h2-8H,9-10H2,1H3,(H,18,20). The zero-order chi connectivity index (χ0) is 17.5. The summed E-state index contributed by atoms with van der Waals surface area (Å²) in [5.41, 5.74) is 1.57. The number of hydrogen-bond donors (Lipinski definition) is 1. The van der Waals surface area contributed by atoms with Gasteiger partial charge in [0.15, 0.2) is 0 Å². The third kappa shape index (κ3) is 5.14. The number of carbonyl (C=O) groups excluding carboxylic acids is 1. The van der Waals surface area contributed by atoms with Gasteiger partial charge < -0.3 is 10.1 Å². The summed E-state index contributed by atoms with van der Waals surface area (Å²) < 4.78 is 5.05. The smallest absolute Gasteiger partial charge is 0.269 e. The Bertz CT molecular complexity index is 737. The topological polar surface area (TPSA) is 81.5 Å².